The number of unbranched alkanes of at least 4 members (excludes halogenated alkanes) is 24. The molecule has 0 aromatic heterocycles. The monoisotopic (exact) mass is 649 g/mol. The molecular weight excluding hydrogens is 566 g/mol. The van der Waals surface area contributed by atoms with E-state index < -0.39 is 0 Å². The van der Waals surface area contributed by atoms with Crippen molar-refractivity contribution >= 4 is 5.91 Å². The lowest BCUT2D eigenvalue weighted by Gasteiger charge is -2.26. The summed E-state index contributed by atoms with van der Waals surface area (Å²) in [4.78, 5) is 12.6. The van der Waals surface area contributed by atoms with E-state index in [2.05, 4.69) is 38.2 Å². The third-order valence-corrected chi connectivity index (χ3v) is 9.30. The van der Waals surface area contributed by atoms with E-state index in [1.54, 1.807) is 0 Å². The van der Waals surface area contributed by atoms with Gasteiger partial charge in [0.2, 0.25) is 0 Å². The van der Waals surface area contributed by atoms with Gasteiger partial charge in [0.25, 0.3) is 0 Å². The summed E-state index contributed by atoms with van der Waals surface area (Å²) < 4.78 is 11.9. The van der Waals surface area contributed by atoms with Crippen LogP contribution in [0.25, 0.3) is 0 Å². The molecule has 0 bridgehead atoms. The largest absolute Gasteiger partial charge is 0.376 e. The lowest BCUT2D eigenvalue weighted by Crippen LogP contribution is -2.49. The maximum atomic E-state index is 12.6. The summed E-state index contributed by atoms with van der Waals surface area (Å²) >= 11 is 0. The first-order valence-corrected chi connectivity index (χ1v) is 20.4. The molecule has 0 aromatic rings. The molecule has 0 spiro atoms. The van der Waals surface area contributed by atoms with E-state index >= 15 is 0 Å². The third-order valence-electron chi connectivity index (χ3n) is 9.30. The molecule has 0 saturated heterocycles. The van der Waals surface area contributed by atoms with Crippen LogP contribution < -0.4 is 0 Å². The molecule has 0 heterocycles. The number of rotatable bonds is 37. The minimum absolute atomic E-state index is 0.144. The van der Waals surface area contributed by atoms with E-state index in [1.165, 1.54) is 167 Å². The van der Waals surface area contributed by atoms with Gasteiger partial charge < -0.3 is 9.47 Å². The number of carbonyl (C=O) groups is 1. The van der Waals surface area contributed by atoms with Gasteiger partial charge >= 0.3 is 5.91 Å². The molecule has 0 rings (SSSR count). The van der Waals surface area contributed by atoms with Gasteiger partial charge in [0.05, 0.1) is 20.7 Å². The van der Waals surface area contributed by atoms with Crippen molar-refractivity contribution in [2.24, 2.45) is 0 Å². The van der Waals surface area contributed by atoms with Crippen LogP contribution in [0.5, 0.6) is 0 Å². The maximum absolute atomic E-state index is 12.6. The van der Waals surface area contributed by atoms with Crippen molar-refractivity contribution in [3.8, 4) is 0 Å². The van der Waals surface area contributed by atoms with Crippen LogP contribution >= 0.6 is 0 Å². The van der Waals surface area contributed by atoms with Gasteiger partial charge in [-0.2, -0.15) is 0 Å². The van der Waals surface area contributed by atoms with E-state index in [1.807, 2.05) is 14.1 Å². The smallest absolute Gasteiger partial charge is 0.339 e. The molecule has 0 saturated carbocycles. The Morgan fingerprint density at radius 1 is 0.435 bits per heavy atom. The lowest BCUT2D eigenvalue weighted by molar-refractivity contribution is -0.815. The summed E-state index contributed by atoms with van der Waals surface area (Å²) in [5, 5.41) is 0. The molecule has 0 atom stereocenters. The second-order valence-corrected chi connectivity index (χ2v) is 14.3. The number of likely N-dealkylation sites (N-methyl/N-ethyl adjacent to an activating group) is 1. The second kappa shape index (κ2) is 36.9. The first kappa shape index (κ1) is 45.0. The number of carbonyl (C=O) groups excluding carboxylic acids is 1. The molecular formula is C42H82NO3+. The Morgan fingerprint density at radius 2 is 0.761 bits per heavy atom. The van der Waals surface area contributed by atoms with Crippen molar-refractivity contribution in [2.45, 2.75) is 194 Å². The van der Waals surface area contributed by atoms with Gasteiger partial charge in [0.15, 0.2) is 6.61 Å². The van der Waals surface area contributed by atoms with Crippen LogP contribution in [0.3, 0.4) is 0 Å². The highest BCUT2D eigenvalue weighted by atomic mass is 16.5. The lowest BCUT2D eigenvalue weighted by atomic mass is 10.1. The zero-order chi connectivity index (χ0) is 33.7. The van der Waals surface area contributed by atoms with Crippen LogP contribution in [0.2, 0.25) is 0 Å². The fourth-order valence-electron chi connectivity index (χ4n) is 5.76. The van der Waals surface area contributed by atoms with Gasteiger partial charge in [0, 0.05) is 13.2 Å². The van der Waals surface area contributed by atoms with Crippen molar-refractivity contribution in [3.05, 3.63) is 24.3 Å². The molecule has 0 fully saturated rings. The molecule has 4 heteroatoms. The molecule has 1 amide bonds. The van der Waals surface area contributed by atoms with Crippen LogP contribution in [0.15, 0.2) is 24.3 Å². The Bertz CT molecular complexity index is 672. The first-order chi connectivity index (χ1) is 22.5. The number of nitrogens with zero attached hydrogens (tertiary/aromatic N) is 1. The van der Waals surface area contributed by atoms with Crippen molar-refractivity contribution in [1.29, 1.82) is 0 Å². The van der Waals surface area contributed by atoms with Gasteiger partial charge in [0.1, 0.15) is 6.54 Å². The van der Waals surface area contributed by atoms with Gasteiger partial charge in [-0.3, -0.25) is 4.48 Å². The van der Waals surface area contributed by atoms with E-state index in [9.17, 15) is 4.79 Å². The normalized spacial score (nSPS) is 12.3. The number of quaternary nitrogens is 1. The Kier molecular flexibility index (Phi) is 36.1. The van der Waals surface area contributed by atoms with Gasteiger partial charge in [-0.1, -0.05) is 154 Å². The molecule has 46 heavy (non-hydrogen) atoms. The summed E-state index contributed by atoms with van der Waals surface area (Å²) in [6.07, 6.45) is 46.4. The molecule has 272 valence electrons. The van der Waals surface area contributed by atoms with E-state index in [0.29, 0.717) is 24.2 Å². The fourth-order valence-corrected chi connectivity index (χ4v) is 5.76. The molecule has 0 aliphatic heterocycles. The highest BCUT2D eigenvalue weighted by Crippen LogP contribution is 2.12. The zero-order valence-corrected chi connectivity index (χ0v) is 31.8. The van der Waals surface area contributed by atoms with Crippen molar-refractivity contribution in [3.63, 3.8) is 0 Å². The molecule has 0 aliphatic carbocycles. The predicted molar refractivity (Wildman–Crippen MR) is 203 cm³/mol. The average molecular weight is 649 g/mol. The molecule has 0 aromatic carbocycles. The molecule has 4 nitrogen and oxygen atoms in total. The highest BCUT2D eigenvalue weighted by Gasteiger charge is 2.25. The summed E-state index contributed by atoms with van der Waals surface area (Å²) in [5.41, 5.74) is 0. The van der Waals surface area contributed by atoms with E-state index in [-0.39, 0.29) is 12.5 Å². The Morgan fingerprint density at radius 3 is 1.15 bits per heavy atom. The summed E-state index contributed by atoms with van der Waals surface area (Å²) in [5.74, 6) is 0.144. The SMILES string of the molecule is CCCCCCCC/C=C\CCCCCCCCOCC[N+](C)(C)C(=O)COCCCCCCCC/C=C\CCCCCCCC. The van der Waals surface area contributed by atoms with Crippen LogP contribution in [0.1, 0.15) is 194 Å². The minimum Gasteiger partial charge on any atom is -0.376 e. The van der Waals surface area contributed by atoms with Crippen LogP contribution in [0, 0.1) is 0 Å². The van der Waals surface area contributed by atoms with Crippen molar-refractivity contribution in [2.75, 3.05) is 47.1 Å². The van der Waals surface area contributed by atoms with Crippen molar-refractivity contribution < 1.29 is 18.8 Å². The Labute approximate surface area is 289 Å². The molecule has 0 N–H and O–H groups in total. The first-order valence-electron chi connectivity index (χ1n) is 20.4. The number of hydrogen-bond acceptors (Lipinski definition) is 3. The topological polar surface area (TPSA) is 35.5 Å². The Hall–Kier alpha value is -0.970. The van der Waals surface area contributed by atoms with Crippen LogP contribution in [-0.4, -0.2) is 57.5 Å². The summed E-state index contributed by atoms with van der Waals surface area (Å²) in [7, 11) is 3.95. The van der Waals surface area contributed by atoms with E-state index in [0.717, 1.165) is 19.4 Å². The summed E-state index contributed by atoms with van der Waals surface area (Å²) in [6.45, 7) is 7.63. The number of amides is 1. The van der Waals surface area contributed by atoms with Crippen LogP contribution in [-0.2, 0) is 14.3 Å². The average Bonchev–Trinajstić information content (AvgIpc) is 3.05. The highest BCUT2D eigenvalue weighted by molar-refractivity contribution is 5.70. The van der Waals surface area contributed by atoms with Crippen LogP contribution in [0.4, 0.5) is 0 Å². The minimum atomic E-state index is 0.144. The fraction of sp³-hybridized carbons (Fsp3) is 0.881. The summed E-state index contributed by atoms with van der Waals surface area (Å²) in [6, 6.07) is 0. The maximum Gasteiger partial charge on any atom is 0.339 e. The zero-order valence-electron chi connectivity index (χ0n) is 31.8. The standard InChI is InChI=1S/C42H82NO3/c1-5-7-9-11-13-15-17-19-21-23-25-27-29-31-33-35-38-45-40-37-43(3,4)42(44)41-46-39-36-34-32-30-28-26-24-22-20-18-16-14-12-10-8-6-2/h19-22H,5-18,23-41H2,1-4H3/q+1/b21-19-,22-20-. The molecule has 0 radical (unpaired) electrons. The van der Waals surface area contributed by atoms with Gasteiger partial charge in [-0.15, -0.1) is 0 Å². The Balaban J connectivity index is 3.44. The third kappa shape index (κ3) is 34.4. The quantitative estimate of drug-likeness (QED) is 0.0382. The van der Waals surface area contributed by atoms with Gasteiger partial charge in [-0.05, 0) is 64.2 Å². The number of allylic oxidation sites excluding steroid dienone is 4. The predicted octanol–water partition coefficient (Wildman–Crippen LogP) is 12.7. The number of ether oxygens (including phenoxy) is 2. The van der Waals surface area contributed by atoms with Gasteiger partial charge in [-0.25, -0.2) is 4.79 Å². The van der Waals surface area contributed by atoms with Crippen molar-refractivity contribution in [1.82, 2.24) is 0 Å². The second-order valence-electron chi connectivity index (χ2n) is 14.3. The number of hydrogen-bond donors (Lipinski definition) is 0. The molecule has 0 unspecified atom stereocenters. The molecule has 0 aliphatic rings. The van der Waals surface area contributed by atoms with E-state index in [4.69, 9.17) is 9.47 Å².